The third-order valence-corrected chi connectivity index (χ3v) is 2.92. The van der Waals surface area contributed by atoms with E-state index < -0.39 is 0 Å². The molecule has 0 amide bonds. The molecule has 0 saturated heterocycles. The van der Waals surface area contributed by atoms with Crippen molar-refractivity contribution >= 4 is 0 Å². The highest BCUT2D eigenvalue weighted by molar-refractivity contribution is 4.67. The molecule has 0 heterocycles. The van der Waals surface area contributed by atoms with E-state index >= 15 is 0 Å². The van der Waals surface area contributed by atoms with E-state index in [1.807, 2.05) is 13.8 Å². The summed E-state index contributed by atoms with van der Waals surface area (Å²) < 4.78 is 0. The molecule has 0 atom stereocenters. The van der Waals surface area contributed by atoms with Gasteiger partial charge in [0.05, 0.1) is 0 Å². The highest BCUT2D eigenvalue weighted by atomic mass is 15.2. The Morgan fingerprint density at radius 3 is 1.69 bits per heavy atom. The normalized spacial score (nSPS) is 10.9. The molecule has 100 valence electrons. The summed E-state index contributed by atoms with van der Waals surface area (Å²) in [5.41, 5.74) is 0. The first kappa shape index (κ1) is 18.3. The summed E-state index contributed by atoms with van der Waals surface area (Å²) in [5, 5.41) is 0. The number of hydrogen-bond acceptors (Lipinski definition) is 2. The Kier molecular flexibility index (Phi) is 14.8. The molecule has 2 nitrogen and oxygen atoms in total. The third kappa shape index (κ3) is 9.17. The van der Waals surface area contributed by atoms with Crippen LogP contribution in [0.4, 0.5) is 0 Å². The van der Waals surface area contributed by atoms with E-state index in [9.17, 15) is 0 Å². The second-order valence-corrected chi connectivity index (χ2v) is 4.26. The van der Waals surface area contributed by atoms with Crippen molar-refractivity contribution < 1.29 is 0 Å². The first-order chi connectivity index (χ1) is 7.65. The standard InChI is InChI=1S/C12H28N2.C2H6/c1-6-12(7-2)14(8-3)11-9-10-13(4)5;1-2/h12H,6-11H2,1-5H3;1-2H3. The SMILES string of the molecule is CC.CCC(CC)N(CC)CCCN(C)C. The van der Waals surface area contributed by atoms with Crippen LogP contribution in [-0.4, -0.2) is 49.6 Å². The van der Waals surface area contributed by atoms with Gasteiger partial charge in [-0.3, -0.25) is 0 Å². The minimum Gasteiger partial charge on any atom is -0.309 e. The molecular weight excluding hydrogens is 196 g/mol. The maximum absolute atomic E-state index is 2.61. The van der Waals surface area contributed by atoms with Crippen molar-refractivity contribution in [3.05, 3.63) is 0 Å². The smallest absolute Gasteiger partial charge is 0.00898 e. The van der Waals surface area contributed by atoms with E-state index in [2.05, 4.69) is 44.7 Å². The van der Waals surface area contributed by atoms with Gasteiger partial charge in [-0.05, 0) is 53.0 Å². The van der Waals surface area contributed by atoms with E-state index in [1.165, 1.54) is 38.9 Å². The van der Waals surface area contributed by atoms with Gasteiger partial charge < -0.3 is 9.80 Å². The van der Waals surface area contributed by atoms with Crippen LogP contribution in [0.25, 0.3) is 0 Å². The van der Waals surface area contributed by atoms with Crippen molar-refractivity contribution in [2.75, 3.05) is 33.7 Å². The Morgan fingerprint density at radius 1 is 0.875 bits per heavy atom. The molecule has 0 N–H and O–H groups in total. The van der Waals surface area contributed by atoms with Gasteiger partial charge in [0.15, 0.2) is 0 Å². The zero-order valence-electron chi connectivity index (χ0n) is 12.7. The van der Waals surface area contributed by atoms with Crippen molar-refractivity contribution in [1.82, 2.24) is 9.80 Å². The van der Waals surface area contributed by atoms with Crippen LogP contribution in [-0.2, 0) is 0 Å². The predicted molar refractivity (Wildman–Crippen MR) is 76.1 cm³/mol. The van der Waals surface area contributed by atoms with E-state index in [1.54, 1.807) is 0 Å². The summed E-state index contributed by atoms with van der Waals surface area (Å²) in [6, 6.07) is 0.794. The third-order valence-electron chi connectivity index (χ3n) is 2.92. The van der Waals surface area contributed by atoms with Gasteiger partial charge in [-0.2, -0.15) is 0 Å². The molecule has 0 aromatic carbocycles. The number of hydrogen-bond donors (Lipinski definition) is 0. The lowest BCUT2D eigenvalue weighted by Crippen LogP contribution is -2.36. The van der Waals surface area contributed by atoms with Crippen LogP contribution in [0.2, 0.25) is 0 Å². The second kappa shape index (κ2) is 13.0. The van der Waals surface area contributed by atoms with Gasteiger partial charge in [0.25, 0.3) is 0 Å². The van der Waals surface area contributed by atoms with Gasteiger partial charge in [0.2, 0.25) is 0 Å². The Balaban J connectivity index is 0. The lowest BCUT2D eigenvalue weighted by molar-refractivity contribution is 0.186. The Morgan fingerprint density at radius 2 is 1.38 bits per heavy atom. The first-order valence-corrected chi connectivity index (χ1v) is 7.04. The molecule has 0 bridgehead atoms. The van der Waals surface area contributed by atoms with E-state index in [0.717, 1.165) is 6.04 Å². The molecule has 0 spiro atoms. The molecule has 0 fully saturated rings. The van der Waals surface area contributed by atoms with E-state index in [-0.39, 0.29) is 0 Å². The number of rotatable bonds is 8. The van der Waals surface area contributed by atoms with Crippen LogP contribution in [0.3, 0.4) is 0 Å². The van der Waals surface area contributed by atoms with Crippen molar-refractivity contribution in [2.24, 2.45) is 0 Å². The maximum Gasteiger partial charge on any atom is 0.00898 e. The largest absolute Gasteiger partial charge is 0.309 e. The van der Waals surface area contributed by atoms with Gasteiger partial charge >= 0.3 is 0 Å². The molecule has 0 rings (SSSR count). The topological polar surface area (TPSA) is 6.48 Å². The minimum atomic E-state index is 0.794. The average molecular weight is 230 g/mol. The molecule has 16 heavy (non-hydrogen) atoms. The fourth-order valence-electron chi connectivity index (χ4n) is 1.99. The Labute approximate surface area is 104 Å². The molecule has 0 aromatic heterocycles. The van der Waals surface area contributed by atoms with Gasteiger partial charge in [-0.25, -0.2) is 0 Å². The summed E-state index contributed by atoms with van der Waals surface area (Å²) in [6.07, 6.45) is 3.86. The maximum atomic E-state index is 2.61. The molecule has 0 radical (unpaired) electrons. The zero-order chi connectivity index (χ0) is 13.0. The second-order valence-electron chi connectivity index (χ2n) is 4.26. The van der Waals surface area contributed by atoms with Crippen LogP contribution in [0.1, 0.15) is 53.9 Å². The van der Waals surface area contributed by atoms with Crippen LogP contribution < -0.4 is 0 Å². The highest BCUT2D eigenvalue weighted by Crippen LogP contribution is 2.08. The minimum absolute atomic E-state index is 0.794. The van der Waals surface area contributed by atoms with Gasteiger partial charge in [-0.15, -0.1) is 0 Å². The summed E-state index contributed by atoms with van der Waals surface area (Å²) in [5.74, 6) is 0. The summed E-state index contributed by atoms with van der Waals surface area (Å²) in [4.78, 5) is 4.88. The molecule has 2 heteroatoms. The molecule has 0 aliphatic rings. The Hall–Kier alpha value is -0.0800. The molecular formula is C14H34N2. The van der Waals surface area contributed by atoms with Crippen LogP contribution >= 0.6 is 0 Å². The average Bonchev–Trinajstić information content (AvgIpc) is 2.30. The fourth-order valence-corrected chi connectivity index (χ4v) is 1.99. The monoisotopic (exact) mass is 230 g/mol. The lowest BCUT2D eigenvalue weighted by Gasteiger charge is -2.29. The van der Waals surface area contributed by atoms with E-state index in [0.29, 0.717) is 0 Å². The fraction of sp³-hybridized carbons (Fsp3) is 1.00. The zero-order valence-corrected chi connectivity index (χ0v) is 12.7. The molecule has 0 aromatic rings. The van der Waals surface area contributed by atoms with Gasteiger partial charge in [0, 0.05) is 6.04 Å². The van der Waals surface area contributed by atoms with Gasteiger partial charge in [-0.1, -0.05) is 34.6 Å². The summed E-state index contributed by atoms with van der Waals surface area (Å²) in [6.45, 7) is 14.5. The molecule has 0 saturated carbocycles. The summed E-state index contributed by atoms with van der Waals surface area (Å²) in [7, 11) is 4.29. The Bertz CT molecular complexity index is 120. The van der Waals surface area contributed by atoms with Crippen molar-refractivity contribution in [2.45, 2.75) is 59.9 Å². The van der Waals surface area contributed by atoms with Crippen molar-refractivity contribution in [3.63, 3.8) is 0 Å². The van der Waals surface area contributed by atoms with Crippen LogP contribution in [0.5, 0.6) is 0 Å². The van der Waals surface area contributed by atoms with Crippen LogP contribution in [0, 0.1) is 0 Å². The molecule has 0 aliphatic heterocycles. The quantitative estimate of drug-likeness (QED) is 0.630. The van der Waals surface area contributed by atoms with Crippen molar-refractivity contribution in [1.29, 1.82) is 0 Å². The van der Waals surface area contributed by atoms with E-state index in [4.69, 9.17) is 0 Å². The summed E-state index contributed by atoms with van der Waals surface area (Å²) >= 11 is 0. The molecule has 0 aliphatic carbocycles. The highest BCUT2D eigenvalue weighted by Gasteiger charge is 2.12. The first-order valence-electron chi connectivity index (χ1n) is 7.04. The van der Waals surface area contributed by atoms with Gasteiger partial charge in [0.1, 0.15) is 0 Å². The van der Waals surface area contributed by atoms with Crippen molar-refractivity contribution in [3.8, 4) is 0 Å². The predicted octanol–water partition coefficient (Wildman–Crippen LogP) is 3.47. The molecule has 0 unspecified atom stereocenters. The van der Waals surface area contributed by atoms with Crippen LogP contribution in [0.15, 0.2) is 0 Å². The number of nitrogens with zero attached hydrogens (tertiary/aromatic N) is 2. The lowest BCUT2D eigenvalue weighted by atomic mass is 10.1.